The molecule has 1 N–H and O–H groups in total. The third kappa shape index (κ3) is 3.50. The number of carbonyl (C=O) groups excluding carboxylic acids is 1. The van der Waals surface area contributed by atoms with Crippen LogP contribution in [-0.2, 0) is 0 Å². The number of para-hydroxylation sites is 3. The number of nitrogens with one attached hydrogen (secondary N) is 1. The summed E-state index contributed by atoms with van der Waals surface area (Å²) in [6.45, 7) is 0. The Morgan fingerprint density at radius 3 is 2.61 bits per heavy atom. The molecule has 4 rings (SSSR count). The van der Waals surface area contributed by atoms with Gasteiger partial charge >= 0.3 is 0 Å². The first-order valence-electron chi connectivity index (χ1n) is 8.42. The number of halogens is 1. The average Bonchev–Trinajstić information content (AvgIpc) is 3.14. The normalized spacial score (nSPS) is 11.7. The Morgan fingerprint density at radius 2 is 1.89 bits per heavy atom. The molecular weight excluding hydrogens is 420 g/mol. The minimum atomic E-state index is -1.04. The Hall–Kier alpha value is -3.50. The lowest BCUT2D eigenvalue weighted by Gasteiger charge is -2.08. The molecule has 0 saturated heterocycles. The van der Waals surface area contributed by atoms with Gasteiger partial charge in [-0.1, -0.05) is 24.3 Å². The number of pyridine rings is 1. The number of rotatable bonds is 5. The van der Waals surface area contributed by atoms with Crippen LogP contribution < -0.4 is 4.74 Å². The van der Waals surface area contributed by atoms with Crippen LogP contribution in [0.3, 0.4) is 0 Å². The summed E-state index contributed by atoms with van der Waals surface area (Å²) in [7, 11) is 0. The number of hydrogen-bond acceptors (Lipinski definition) is 5. The summed E-state index contributed by atoms with van der Waals surface area (Å²) >= 11 is 3.41. The molecule has 28 heavy (non-hydrogen) atoms. The lowest BCUT2D eigenvalue weighted by Crippen LogP contribution is -2.13. The molecule has 0 spiro atoms. The number of carbonyl (C=O) groups is 1. The van der Waals surface area contributed by atoms with E-state index < -0.39 is 5.92 Å². The molecule has 4 aromatic rings. The Labute approximate surface area is 169 Å². The number of hydrogen-bond donors (Lipinski definition) is 1. The van der Waals surface area contributed by atoms with Crippen molar-refractivity contribution < 1.29 is 9.53 Å². The SMILES string of the molecule is N#CC(C(=O)c1ccc(Oc2ccccc2Br)nc1)c1nc2ccccc2[nH]1. The fourth-order valence-electron chi connectivity index (χ4n) is 2.75. The molecule has 0 aliphatic carbocycles. The van der Waals surface area contributed by atoms with Crippen LogP contribution in [0.15, 0.2) is 71.3 Å². The highest BCUT2D eigenvalue weighted by Gasteiger charge is 2.25. The van der Waals surface area contributed by atoms with E-state index in [4.69, 9.17) is 4.74 Å². The molecule has 0 saturated carbocycles. The Kier molecular flexibility index (Phi) is 4.87. The minimum Gasteiger partial charge on any atom is -0.438 e. The molecule has 0 amide bonds. The van der Waals surface area contributed by atoms with Gasteiger partial charge in [0.25, 0.3) is 0 Å². The molecule has 1 atom stereocenters. The van der Waals surface area contributed by atoms with E-state index >= 15 is 0 Å². The summed E-state index contributed by atoms with van der Waals surface area (Å²) < 4.78 is 6.50. The highest BCUT2D eigenvalue weighted by atomic mass is 79.9. The lowest BCUT2D eigenvalue weighted by molar-refractivity contribution is 0.0976. The highest BCUT2D eigenvalue weighted by molar-refractivity contribution is 9.10. The first-order valence-corrected chi connectivity index (χ1v) is 9.22. The van der Waals surface area contributed by atoms with Crippen LogP contribution in [0.1, 0.15) is 22.1 Å². The van der Waals surface area contributed by atoms with Crippen molar-refractivity contribution in [2.75, 3.05) is 0 Å². The maximum Gasteiger partial charge on any atom is 0.219 e. The number of ketones is 1. The van der Waals surface area contributed by atoms with Crippen LogP contribution in [0.4, 0.5) is 0 Å². The Balaban J connectivity index is 1.56. The molecule has 6 nitrogen and oxygen atoms in total. The first kappa shape index (κ1) is 17.9. The van der Waals surface area contributed by atoms with E-state index in [0.717, 1.165) is 9.99 Å². The molecule has 136 valence electrons. The van der Waals surface area contributed by atoms with E-state index in [-0.39, 0.29) is 5.78 Å². The van der Waals surface area contributed by atoms with Gasteiger partial charge in [0, 0.05) is 17.8 Å². The fourth-order valence-corrected chi connectivity index (χ4v) is 3.11. The third-order valence-electron chi connectivity index (χ3n) is 4.14. The number of nitrogens with zero attached hydrogens (tertiary/aromatic N) is 3. The molecule has 0 aliphatic rings. The monoisotopic (exact) mass is 432 g/mol. The van der Waals surface area contributed by atoms with E-state index in [1.54, 1.807) is 18.2 Å². The molecule has 0 radical (unpaired) electrons. The number of aromatic amines is 1. The van der Waals surface area contributed by atoms with Gasteiger partial charge in [-0.2, -0.15) is 5.26 Å². The summed E-state index contributed by atoms with van der Waals surface area (Å²) in [5, 5.41) is 9.54. The van der Waals surface area contributed by atoms with E-state index in [2.05, 4.69) is 30.9 Å². The number of Topliss-reactive ketones (excluding diaryl/α,β-unsaturated/α-hetero) is 1. The first-order chi connectivity index (χ1) is 13.7. The molecule has 1 unspecified atom stereocenters. The Bertz CT molecular complexity index is 1160. The Morgan fingerprint density at radius 1 is 1.11 bits per heavy atom. The molecule has 2 aromatic heterocycles. The number of nitriles is 1. The summed E-state index contributed by atoms with van der Waals surface area (Å²) in [5.41, 5.74) is 1.80. The number of fused-ring (bicyclic) bond motifs is 1. The zero-order chi connectivity index (χ0) is 19.5. The molecule has 0 bridgehead atoms. The van der Waals surface area contributed by atoms with Crippen molar-refractivity contribution >= 4 is 32.7 Å². The number of aromatic nitrogens is 3. The van der Waals surface area contributed by atoms with E-state index in [1.165, 1.54) is 6.20 Å². The van der Waals surface area contributed by atoms with Gasteiger partial charge in [-0.3, -0.25) is 4.79 Å². The van der Waals surface area contributed by atoms with Crippen LogP contribution in [0.25, 0.3) is 11.0 Å². The summed E-state index contributed by atoms with van der Waals surface area (Å²) in [4.78, 5) is 24.4. The van der Waals surface area contributed by atoms with Gasteiger partial charge in [0.1, 0.15) is 11.6 Å². The topological polar surface area (TPSA) is 91.7 Å². The van der Waals surface area contributed by atoms with Crippen molar-refractivity contribution in [2.45, 2.75) is 5.92 Å². The zero-order valence-electron chi connectivity index (χ0n) is 14.5. The van der Waals surface area contributed by atoms with Gasteiger partial charge in [-0.25, -0.2) is 9.97 Å². The third-order valence-corrected chi connectivity index (χ3v) is 4.80. The minimum absolute atomic E-state index is 0.312. The van der Waals surface area contributed by atoms with Gasteiger partial charge in [-0.05, 0) is 46.3 Å². The maximum atomic E-state index is 12.8. The summed E-state index contributed by atoms with van der Waals surface area (Å²) in [5.74, 6) is -0.125. The van der Waals surface area contributed by atoms with Crippen LogP contribution >= 0.6 is 15.9 Å². The predicted molar refractivity (Wildman–Crippen MR) is 107 cm³/mol. The van der Waals surface area contributed by atoms with E-state index in [1.807, 2.05) is 48.5 Å². The summed E-state index contributed by atoms with van der Waals surface area (Å²) in [6, 6.07) is 20.0. The largest absolute Gasteiger partial charge is 0.438 e. The molecule has 2 heterocycles. The van der Waals surface area contributed by atoms with Crippen molar-refractivity contribution in [1.29, 1.82) is 5.26 Å². The van der Waals surface area contributed by atoms with Gasteiger partial charge in [0.2, 0.25) is 5.88 Å². The standard InChI is InChI=1S/C21H13BrN4O2/c22-15-5-1-4-8-18(15)28-19-10-9-13(12-24-19)20(27)14(11-23)21-25-16-6-2-3-7-17(16)26-21/h1-10,12,14H,(H,25,26). The van der Waals surface area contributed by atoms with Gasteiger partial charge in [0.15, 0.2) is 11.7 Å². The number of imidazole rings is 1. The van der Waals surface area contributed by atoms with Crippen molar-refractivity contribution in [2.24, 2.45) is 0 Å². The second-order valence-corrected chi connectivity index (χ2v) is 6.84. The van der Waals surface area contributed by atoms with E-state index in [0.29, 0.717) is 28.5 Å². The van der Waals surface area contributed by atoms with Crippen molar-refractivity contribution in [3.05, 3.63) is 82.7 Å². The van der Waals surface area contributed by atoms with Crippen molar-refractivity contribution in [3.63, 3.8) is 0 Å². The average molecular weight is 433 g/mol. The number of ether oxygens (including phenoxy) is 1. The lowest BCUT2D eigenvalue weighted by atomic mass is 9.99. The molecule has 2 aromatic carbocycles. The van der Waals surface area contributed by atoms with Crippen molar-refractivity contribution in [1.82, 2.24) is 15.0 Å². The number of benzene rings is 2. The van der Waals surface area contributed by atoms with Gasteiger partial charge < -0.3 is 9.72 Å². The van der Waals surface area contributed by atoms with Gasteiger partial charge in [-0.15, -0.1) is 0 Å². The van der Waals surface area contributed by atoms with Crippen LogP contribution in [0.5, 0.6) is 11.6 Å². The highest BCUT2D eigenvalue weighted by Crippen LogP contribution is 2.28. The molecular formula is C21H13BrN4O2. The van der Waals surface area contributed by atoms with Crippen LogP contribution in [0, 0.1) is 11.3 Å². The van der Waals surface area contributed by atoms with E-state index in [9.17, 15) is 10.1 Å². The molecule has 0 fully saturated rings. The van der Waals surface area contributed by atoms with Gasteiger partial charge in [0.05, 0.1) is 21.6 Å². The summed E-state index contributed by atoms with van der Waals surface area (Å²) in [6.07, 6.45) is 1.40. The fraction of sp³-hybridized carbons (Fsp3) is 0.0476. The number of H-pyrrole nitrogens is 1. The van der Waals surface area contributed by atoms with Crippen molar-refractivity contribution in [3.8, 4) is 17.7 Å². The second kappa shape index (κ2) is 7.62. The zero-order valence-corrected chi connectivity index (χ0v) is 16.1. The maximum absolute atomic E-state index is 12.8. The van der Waals surface area contributed by atoms with Crippen LogP contribution in [0.2, 0.25) is 0 Å². The van der Waals surface area contributed by atoms with Crippen LogP contribution in [-0.4, -0.2) is 20.7 Å². The smallest absolute Gasteiger partial charge is 0.219 e. The molecule has 7 heteroatoms. The predicted octanol–water partition coefficient (Wildman–Crippen LogP) is 5.00. The second-order valence-electron chi connectivity index (χ2n) is 5.98. The quantitative estimate of drug-likeness (QED) is 0.447. The molecule has 0 aliphatic heterocycles.